The number of anilines is 2. The third kappa shape index (κ3) is 3.88. The minimum Gasteiger partial charge on any atom is -0.371 e. The summed E-state index contributed by atoms with van der Waals surface area (Å²) in [6.45, 7) is 7.26. The average molecular weight is 381 g/mol. The molecule has 4 rings (SSSR count). The monoisotopic (exact) mass is 381 g/mol. The lowest BCUT2D eigenvalue weighted by molar-refractivity contribution is -0.169. The van der Waals surface area contributed by atoms with Crippen molar-refractivity contribution in [1.29, 1.82) is 0 Å². The maximum atomic E-state index is 12.8. The molecular weight excluding hydrogens is 354 g/mol. The lowest BCUT2D eigenvalue weighted by Crippen LogP contribution is -2.45. The fourth-order valence-corrected chi connectivity index (χ4v) is 3.93. The Balaban J connectivity index is 1.46. The van der Waals surface area contributed by atoms with E-state index in [2.05, 4.69) is 29.0 Å². The van der Waals surface area contributed by atoms with Gasteiger partial charge in [-0.15, -0.1) is 0 Å². The molecule has 1 spiro atoms. The number of amides is 1. The maximum Gasteiger partial charge on any atom is 0.274 e. The summed E-state index contributed by atoms with van der Waals surface area (Å²) in [6.07, 6.45) is 3.36. The highest BCUT2D eigenvalue weighted by Crippen LogP contribution is 2.33. The lowest BCUT2D eigenvalue weighted by Gasteiger charge is -2.38. The number of nitrogens with zero attached hydrogens (tertiary/aromatic N) is 2. The smallest absolute Gasteiger partial charge is 0.274 e. The summed E-state index contributed by atoms with van der Waals surface area (Å²) < 4.78 is 11.6. The first-order valence-electron chi connectivity index (χ1n) is 9.95. The second-order valence-corrected chi connectivity index (χ2v) is 7.69. The molecule has 28 heavy (non-hydrogen) atoms. The Bertz CT molecular complexity index is 836. The Labute approximate surface area is 165 Å². The molecule has 1 amide bonds. The first-order chi connectivity index (χ1) is 13.6. The lowest BCUT2D eigenvalue weighted by atomic mass is 10.0. The highest BCUT2D eigenvalue weighted by molar-refractivity contribution is 6.03. The molecule has 0 bridgehead atoms. The van der Waals surface area contributed by atoms with Gasteiger partial charge in [-0.2, -0.15) is 0 Å². The molecule has 2 aromatic rings. The highest BCUT2D eigenvalue weighted by atomic mass is 16.7. The second kappa shape index (κ2) is 7.89. The summed E-state index contributed by atoms with van der Waals surface area (Å²) in [7, 11) is 0. The van der Waals surface area contributed by atoms with Crippen molar-refractivity contribution >= 4 is 17.3 Å². The van der Waals surface area contributed by atoms with E-state index in [1.54, 1.807) is 6.20 Å². The number of rotatable bonds is 4. The first kappa shape index (κ1) is 18.9. The van der Waals surface area contributed by atoms with Crippen LogP contribution in [0.2, 0.25) is 0 Å². The number of pyridine rings is 1. The second-order valence-electron chi connectivity index (χ2n) is 7.69. The zero-order chi connectivity index (χ0) is 19.6. The molecule has 148 valence electrons. The number of piperidine rings is 1. The maximum absolute atomic E-state index is 12.8. The first-order valence-corrected chi connectivity index (χ1v) is 9.95. The molecule has 0 radical (unpaired) electrons. The van der Waals surface area contributed by atoms with Gasteiger partial charge in [0.05, 0.1) is 13.2 Å². The van der Waals surface area contributed by atoms with Crippen molar-refractivity contribution in [2.24, 2.45) is 0 Å². The van der Waals surface area contributed by atoms with Gasteiger partial charge in [-0.25, -0.2) is 0 Å². The fourth-order valence-electron chi connectivity index (χ4n) is 3.93. The van der Waals surface area contributed by atoms with Gasteiger partial charge in [-0.1, -0.05) is 32.0 Å². The van der Waals surface area contributed by atoms with E-state index in [9.17, 15) is 4.79 Å². The highest BCUT2D eigenvalue weighted by Gasteiger charge is 2.39. The molecule has 1 N–H and O–H groups in total. The van der Waals surface area contributed by atoms with E-state index in [1.807, 2.05) is 36.4 Å². The Hall–Kier alpha value is -2.44. The van der Waals surface area contributed by atoms with Crippen LogP contribution in [0.15, 0.2) is 42.6 Å². The van der Waals surface area contributed by atoms with Gasteiger partial charge >= 0.3 is 0 Å². The Kier molecular flexibility index (Phi) is 5.33. The summed E-state index contributed by atoms with van der Waals surface area (Å²) in [4.78, 5) is 19.3. The zero-order valence-electron chi connectivity index (χ0n) is 16.5. The zero-order valence-corrected chi connectivity index (χ0v) is 16.5. The third-order valence-electron chi connectivity index (χ3n) is 5.51. The number of nitrogens with one attached hydrogen (secondary N) is 1. The van der Waals surface area contributed by atoms with Crippen LogP contribution in [0.3, 0.4) is 0 Å². The molecule has 0 aliphatic carbocycles. The number of aromatic nitrogens is 1. The van der Waals surface area contributed by atoms with Gasteiger partial charge in [0.1, 0.15) is 5.69 Å². The number of benzene rings is 1. The van der Waals surface area contributed by atoms with Gasteiger partial charge in [0.15, 0.2) is 5.79 Å². The van der Waals surface area contributed by atoms with Crippen LogP contribution in [-0.2, 0) is 9.47 Å². The summed E-state index contributed by atoms with van der Waals surface area (Å²) in [5.41, 5.74) is 3.38. The number of para-hydroxylation sites is 1. The van der Waals surface area contributed by atoms with Crippen LogP contribution in [0.25, 0.3) is 0 Å². The number of ether oxygens (including phenoxy) is 2. The van der Waals surface area contributed by atoms with Crippen LogP contribution in [0, 0.1) is 0 Å². The van der Waals surface area contributed by atoms with E-state index < -0.39 is 5.79 Å². The van der Waals surface area contributed by atoms with E-state index in [1.165, 1.54) is 0 Å². The van der Waals surface area contributed by atoms with Gasteiger partial charge in [0, 0.05) is 43.5 Å². The van der Waals surface area contributed by atoms with Crippen molar-refractivity contribution < 1.29 is 14.3 Å². The van der Waals surface area contributed by atoms with Gasteiger partial charge in [0.25, 0.3) is 5.91 Å². The van der Waals surface area contributed by atoms with Crippen LogP contribution in [0.5, 0.6) is 0 Å². The molecule has 1 aromatic heterocycles. The van der Waals surface area contributed by atoms with E-state index in [0.717, 1.165) is 42.9 Å². The van der Waals surface area contributed by atoms with Crippen LogP contribution in [-0.4, -0.2) is 43.0 Å². The van der Waals surface area contributed by atoms with Gasteiger partial charge < -0.3 is 19.7 Å². The molecule has 2 aliphatic rings. The molecule has 6 heteroatoms. The Morgan fingerprint density at radius 1 is 1.14 bits per heavy atom. The predicted molar refractivity (Wildman–Crippen MR) is 109 cm³/mol. The number of hydrogen-bond donors (Lipinski definition) is 1. The fraction of sp³-hybridized carbons (Fsp3) is 0.455. The molecule has 2 saturated heterocycles. The molecule has 0 atom stereocenters. The molecule has 0 saturated carbocycles. The van der Waals surface area contributed by atoms with Crippen LogP contribution >= 0.6 is 0 Å². The molecule has 0 unspecified atom stereocenters. The number of carbonyl (C=O) groups excluding carboxylic acids is 1. The Morgan fingerprint density at radius 3 is 2.57 bits per heavy atom. The molecule has 2 aliphatic heterocycles. The van der Waals surface area contributed by atoms with Crippen molar-refractivity contribution in [1.82, 2.24) is 4.98 Å². The van der Waals surface area contributed by atoms with Crippen molar-refractivity contribution in [2.45, 2.75) is 38.4 Å². The molecule has 1 aromatic carbocycles. The summed E-state index contributed by atoms with van der Waals surface area (Å²) in [6, 6.07) is 11.7. The quantitative estimate of drug-likeness (QED) is 0.873. The van der Waals surface area contributed by atoms with Crippen molar-refractivity contribution in [3.63, 3.8) is 0 Å². The molecule has 3 heterocycles. The van der Waals surface area contributed by atoms with Crippen LogP contribution in [0.1, 0.15) is 48.7 Å². The molecule has 2 fully saturated rings. The minimum absolute atomic E-state index is 0.189. The minimum atomic E-state index is -0.399. The largest absolute Gasteiger partial charge is 0.371 e. The number of hydrogen-bond acceptors (Lipinski definition) is 5. The summed E-state index contributed by atoms with van der Waals surface area (Å²) in [5.74, 6) is -0.257. The third-order valence-corrected chi connectivity index (χ3v) is 5.51. The van der Waals surface area contributed by atoms with E-state index in [0.29, 0.717) is 24.8 Å². The molecular formula is C22H27N3O3. The summed E-state index contributed by atoms with van der Waals surface area (Å²) >= 11 is 0. The van der Waals surface area contributed by atoms with Crippen LogP contribution in [0.4, 0.5) is 11.4 Å². The normalized spacial score (nSPS) is 18.6. The van der Waals surface area contributed by atoms with Crippen molar-refractivity contribution in [3.8, 4) is 0 Å². The van der Waals surface area contributed by atoms with Crippen LogP contribution < -0.4 is 10.2 Å². The number of carbonyl (C=O) groups is 1. The van der Waals surface area contributed by atoms with Crippen molar-refractivity contribution in [2.75, 3.05) is 36.5 Å². The Morgan fingerprint density at radius 2 is 1.86 bits per heavy atom. The van der Waals surface area contributed by atoms with E-state index in [4.69, 9.17) is 9.47 Å². The van der Waals surface area contributed by atoms with Gasteiger partial charge in [-0.05, 0) is 29.7 Å². The standard InChI is InChI=1S/C22H27N3O3/c1-16(2)18-5-3-4-6-19(18)24-21(26)20-15-17(7-10-23-20)25-11-8-22(9-12-25)27-13-14-28-22/h3-7,10,15-16H,8-9,11-14H2,1-2H3,(H,24,26). The average Bonchev–Trinajstić information content (AvgIpc) is 3.17. The van der Waals surface area contributed by atoms with Crippen molar-refractivity contribution in [3.05, 3.63) is 53.9 Å². The van der Waals surface area contributed by atoms with Gasteiger partial charge in [-0.3, -0.25) is 9.78 Å². The summed E-state index contributed by atoms with van der Waals surface area (Å²) in [5, 5.41) is 3.02. The van der Waals surface area contributed by atoms with E-state index in [-0.39, 0.29) is 5.91 Å². The SMILES string of the molecule is CC(C)c1ccccc1NC(=O)c1cc(N2CCC3(CC2)OCCO3)ccn1. The molecule has 6 nitrogen and oxygen atoms in total. The van der Waals surface area contributed by atoms with Gasteiger partial charge in [0.2, 0.25) is 0 Å². The van der Waals surface area contributed by atoms with E-state index >= 15 is 0 Å². The topological polar surface area (TPSA) is 63.7 Å². The predicted octanol–water partition coefficient (Wildman–Crippen LogP) is 3.80.